The molecule has 1 aromatic heterocycles. The van der Waals surface area contributed by atoms with Gasteiger partial charge in [-0.25, -0.2) is 8.42 Å². The van der Waals surface area contributed by atoms with E-state index in [0.29, 0.717) is 17.2 Å². The Labute approximate surface area is 162 Å². The molecule has 3 aromatic rings. The first kappa shape index (κ1) is 19.5. The van der Waals surface area contributed by atoms with E-state index >= 15 is 0 Å². The second-order valence-corrected chi connectivity index (χ2v) is 7.86. The fraction of sp³-hybridized carbons (Fsp3) is 0.150. The number of hydrogen-bond donors (Lipinski definition) is 1. The maximum Gasteiger partial charge on any atom is 0.291 e. The highest BCUT2D eigenvalue weighted by Gasteiger charge is 2.22. The molecule has 0 aliphatic rings. The molecule has 0 atom stereocenters. The monoisotopic (exact) mass is 401 g/mol. The van der Waals surface area contributed by atoms with Crippen LogP contribution in [0.15, 0.2) is 70.2 Å². The minimum Gasteiger partial charge on any atom is -0.493 e. The van der Waals surface area contributed by atoms with Gasteiger partial charge in [-0.2, -0.15) is 0 Å². The number of amides is 1. The fourth-order valence-electron chi connectivity index (χ4n) is 2.67. The Bertz CT molecular complexity index is 1070. The molecule has 0 aliphatic carbocycles. The van der Waals surface area contributed by atoms with Gasteiger partial charge in [-0.05, 0) is 30.3 Å². The number of carbonyl (C=O) groups is 1. The van der Waals surface area contributed by atoms with E-state index in [1.54, 1.807) is 36.4 Å². The molecule has 28 heavy (non-hydrogen) atoms. The van der Waals surface area contributed by atoms with Gasteiger partial charge in [0.15, 0.2) is 27.1 Å². The standard InChI is InChI=1S/C20H19NO6S/c1-25-17-9-8-15(12-18(17)26-2)21-20(22)19-14(10-11-27-19)13-28(23,24)16-6-4-3-5-7-16/h3-12H,13H2,1-2H3,(H,21,22). The number of sulfone groups is 1. The van der Waals surface area contributed by atoms with Crippen LogP contribution in [0.3, 0.4) is 0 Å². The number of rotatable bonds is 7. The van der Waals surface area contributed by atoms with Crippen LogP contribution in [-0.4, -0.2) is 28.5 Å². The zero-order valence-corrected chi connectivity index (χ0v) is 16.2. The van der Waals surface area contributed by atoms with Crippen LogP contribution >= 0.6 is 0 Å². The lowest BCUT2D eigenvalue weighted by Gasteiger charge is -2.10. The molecule has 0 fully saturated rings. The quantitative estimate of drug-likeness (QED) is 0.651. The lowest BCUT2D eigenvalue weighted by molar-refractivity contribution is 0.0995. The first-order valence-electron chi connectivity index (χ1n) is 8.32. The average molecular weight is 401 g/mol. The first-order chi connectivity index (χ1) is 13.4. The van der Waals surface area contributed by atoms with Gasteiger partial charge in [-0.1, -0.05) is 18.2 Å². The van der Waals surface area contributed by atoms with Crippen LogP contribution in [0, 0.1) is 0 Å². The third kappa shape index (κ3) is 4.17. The van der Waals surface area contributed by atoms with Crippen molar-refractivity contribution in [2.75, 3.05) is 19.5 Å². The maximum absolute atomic E-state index is 12.6. The number of benzene rings is 2. The second-order valence-electron chi connectivity index (χ2n) is 5.87. The number of furan rings is 1. The second kappa shape index (κ2) is 8.18. The van der Waals surface area contributed by atoms with Crippen LogP contribution in [0.25, 0.3) is 0 Å². The molecule has 1 heterocycles. The molecule has 7 nitrogen and oxygen atoms in total. The largest absolute Gasteiger partial charge is 0.493 e. The predicted molar refractivity (Wildman–Crippen MR) is 104 cm³/mol. The van der Waals surface area contributed by atoms with Crippen molar-refractivity contribution in [1.29, 1.82) is 0 Å². The van der Waals surface area contributed by atoms with Gasteiger partial charge in [0.05, 0.1) is 31.1 Å². The molecule has 0 saturated heterocycles. The summed E-state index contributed by atoms with van der Waals surface area (Å²) in [5.74, 6) is 0.00638. The SMILES string of the molecule is COc1ccc(NC(=O)c2occc2CS(=O)(=O)c2ccccc2)cc1OC. The van der Waals surface area contributed by atoms with E-state index in [-0.39, 0.29) is 22.0 Å². The highest BCUT2D eigenvalue weighted by molar-refractivity contribution is 7.90. The Morgan fingerprint density at radius 2 is 1.71 bits per heavy atom. The van der Waals surface area contributed by atoms with Crippen LogP contribution in [0.1, 0.15) is 16.1 Å². The van der Waals surface area contributed by atoms with Crippen LogP contribution in [0.2, 0.25) is 0 Å². The van der Waals surface area contributed by atoms with Crippen LogP contribution in [0.4, 0.5) is 5.69 Å². The molecular formula is C20H19NO6S. The fourth-order valence-corrected chi connectivity index (χ4v) is 4.04. The summed E-state index contributed by atoms with van der Waals surface area (Å²) in [7, 11) is -0.607. The van der Waals surface area contributed by atoms with Gasteiger partial charge in [0.1, 0.15) is 0 Å². The Morgan fingerprint density at radius 3 is 2.39 bits per heavy atom. The molecule has 146 valence electrons. The van der Waals surface area contributed by atoms with Gasteiger partial charge < -0.3 is 19.2 Å². The number of hydrogen-bond acceptors (Lipinski definition) is 6. The maximum atomic E-state index is 12.6. The van der Waals surface area contributed by atoms with Gasteiger partial charge in [-0.15, -0.1) is 0 Å². The van der Waals surface area contributed by atoms with Crippen molar-refractivity contribution in [1.82, 2.24) is 0 Å². The molecule has 1 amide bonds. The van der Waals surface area contributed by atoms with Gasteiger partial charge in [0.25, 0.3) is 5.91 Å². The molecular weight excluding hydrogens is 382 g/mol. The molecule has 1 N–H and O–H groups in total. The van der Waals surface area contributed by atoms with Crippen molar-refractivity contribution in [3.8, 4) is 11.5 Å². The molecule has 0 spiro atoms. The zero-order valence-electron chi connectivity index (χ0n) is 15.3. The average Bonchev–Trinajstić information content (AvgIpc) is 3.16. The summed E-state index contributed by atoms with van der Waals surface area (Å²) in [6.45, 7) is 0. The molecule has 2 aromatic carbocycles. The summed E-state index contributed by atoms with van der Waals surface area (Å²) in [6.07, 6.45) is 1.29. The molecule has 0 saturated carbocycles. The van der Waals surface area contributed by atoms with Crippen molar-refractivity contribution in [3.63, 3.8) is 0 Å². The lowest BCUT2D eigenvalue weighted by atomic mass is 10.2. The van der Waals surface area contributed by atoms with E-state index in [9.17, 15) is 13.2 Å². The Morgan fingerprint density at radius 1 is 1.00 bits per heavy atom. The third-order valence-electron chi connectivity index (χ3n) is 4.04. The zero-order chi connectivity index (χ0) is 20.1. The number of ether oxygens (including phenoxy) is 2. The molecule has 3 rings (SSSR count). The van der Waals surface area contributed by atoms with E-state index in [2.05, 4.69) is 5.32 Å². The van der Waals surface area contributed by atoms with Crippen LogP contribution < -0.4 is 14.8 Å². The van der Waals surface area contributed by atoms with Crippen molar-refractivity contribution in [2.24, 2.45) is 0 Å². The van der Waals surface area contributed by atoms with Gasteiger partial charge in [0, 0.05) is 17.3 Å². The minimum absolute atomic E-state index is 0.0608. The van der Waals surface area contributed by atoms with Crippen molar-refractivity contribution >= 4 is 21.4 Å². The summed E-state index contributed by atoms with van der Waals surface area (Å²) in [5.41, 5.74) is 0.734. The number of carbonyl (C=O) groups excluding carboxylic acids is 1. The normalized spacial score (nSPS) is 11.1. The van der Waals surface area contributed by atoms with Crippen LogP contribution in [-0.2, 0) is 15.6 Å². The number of nitrogens with one attached hydrogen (secondary N) is 1. The van der Waals surface area contributed by atoms with Gasteiger partial charge >= 0.3 is 0 Å². The van der Waals surface area contributed by atoms with E-state index in [1.165, 1.54) is 38.7 Å². The van der Waals surface area contributed by atoms with Crippen LogP contribution in [0.5, 0.6) is 11.5 Å². The third-order valence-corrected chi connectivity index (χ3v) is 5.72. The Balaban J connectivity index is 1.81. The number of methoxy groups -OCH3 is 2. The predicted octanol–water partition coefficient (Wildman–Crippen LogP) is 3.52. The van der Waals surface area contributed by atoms with Gasteiger partial charge in [-0.3, -0.25) is 4.79 Å². The molecule has 8 heteroatoms. The smallest absolute Gasteiger partial charge is 0.291 e. The molecule has 0 aliphatic heterocycles. The van der Waals surface area contributed by atoms with E-state index < -0.39 is 15.7 Å². The number of anilines is 1. The molecule has 0 radical (unpaired) electrons. The lowest BCUT2D eigenvalue weighted by Crippen LogP contribution is -2.15. The summed E-state index contributed by atoms with van der Waals surface area (Å²) in [6, 6.07) is 14.4. The summed E-state index contributed by atoms with van der Waals surface area (Å²) in [5, 5.41) is 2.67. The molecule has 0 unspecified atom stereocenters. The Hall–Kier alpha value is -3.26. The van der Waals surface area contributed by atoms with E-state index in [1.807, 2.05) is 0 Å². The highest BCUT2D eigenvalue weighted by Crippen LogP contribution is 2.30. The van der Waals surface area contributed by atoms with E-state index in [0.717, 1.165) is 0 Å². The topological polar surface area (TPSA) is 94.8 Å². The van der Waals surface area contributed by atoms with Crippen molar-refractivity contribution in [2.45, 2.75) is 10.6 Å². The summed E-state index contributed by atoms with van der Waals surface area (Å²) >= 11 is 0. The molecule has 0 bridgehead atoms. The van der Waals surface area contributed by atoms with Gasteiger partial charge in [0.2, 0.25) is 0 Å². The summed E-state index contributed by atoms with van der Waals surface area (Å²) in [4.78, 5) is 12.8. The van der Waals surface area contributed by atoms with Crippen molar-refractivity contribution in [3.05, 3.63) is 72.2 Å². The first-order valence-corrected chi connectivity index (χ1v) is 9.97. The summed E-state index contributed by atoms with van der Waals surface area (Å²) < 4.78 is 40.8. The minimum atomic E-state index is -3.61. The van der Waals surface area contributed by atoms with E-state index in [4.69, 9.17) is 13.9 Å². The Kier molecular flexibility index (Phi) is 5.70. The van der Waals surface area contributed by atoms with Crippen molar-refractivity contribution < 1.29 is 27.1 Å². The highest BCUT2D eigenvalue weighted by atomic mass is 32.2.